The van der Waals surface area contributed by atoms with E-state index in [2.05, 4.69) is 5.32 Å². The summed E-state index contributed by atoms with van der Waals surface area (Å²) in [5.74, 6) is 0.129. The van der Waals surface area contributed by atoms with Crippen LogP contribution in [0.4, 0.5) is 0 Å². The number of carbonyl (C=O) groups is 2. The van der Waals surface area contributed by atoms with Crippen molar-refractivity contribution in [1.82, 2.24) is 10.2 Å². The average molecular weight is 403 g/mol. The van der Waals surface area contributed by atoms with E-state index < -0.39 is 6.04 Å². The number of hydrogen-bond donors (Lipinski definition) is 1. The molecule has 0 aliphatic carbocycles. The van der Waals surface area contributed by atoms with Crippen molar-refractivity contribution in [3.05, 3.63) is 64.7 Å². The topological polar surface area (TPSA) is 67.9 Å². The molecule has 0 saturated carbocycles. The van der Waals surface area contributed by atoms with Crippen molar-refractivity contribution in [2.75, 3.05) is 20.8 Å². The van der Waals surface area contributed by atoms with Crippen molar-refractivity contribution in [2.24, 2.45) is 0 Å². The first-order chi connectivity index (χ1) is 13.5. The van der Waals surface area contributed by atoms with Gasteiger partial charge in [-0.25, -0.2) is 0 Å². The highest BCUT2D eigenvalue weighted by molar-refractivity contribution is 6.30. The first-order valence-corrected chi connectivity index (χ1v) is 9.39. The number of methoxy groups -OCH3 is 2. The van der Waals surface area contributed by atoms with Crippen LogP contribution in [0.15, 0.2) is 48.5 Å². The number of nitrogens with one attached hydrogen (secondary N) is 1. The molecule has 1 aliphatic rings. The van der Waals surface area contributed by atoms with Gasteiger partial charge in [0.05, 0.1) is 14.2 Å². The van der Waals surface area contributed by atoms with Gasteiger partial charge in [0.1, 0.15) is 11.8 Å². The van der Waals surface area contributed by atoms with Crippen LogP contribution in [0.1, 0.15) is 22.3 Å². The van der Waals surface area contributed by atoms with Gasteiger partial charge in [-0.2, -0.15) is 0 Å². The Bertz CT molecular complexity index is 841. The van der Waals surface area contributed by atoms with Crippen molar-refractivity contribution in [3.63, 3.8) is 0 Å². The lowest BCUT2D eigenvalue weighted by Gasteiger charge is -2.22. The van der Waals surface area contributed by atoms with Crippen LogP contribution >= 0.6 is 11.6 Å². The summed E-state index contributed by atoms with van der Waals surface area (Å²) in [6.45, 7) is 1.13. The Hall–Kier alpha value is -2.57. The predicted molar refractivity (Wildman–Crippen MR) is 107 cm³/mol. The largest absolute Gasteiger partial charge is 0.497 e. The highest BCUT2D eigenvalue weighted by atomic mass is 35.5. The van der Waals surface area contributed by atoms with Crippen LogP contribution in [0.5, 0.6) is 5.75 Å². The SMILES string of the molecule is COC(=O)[C@@H]1C[C@@H](NC(=O)c2cccc(OC)c2)CN1Cc1ccc(Cl)cc1. The van der Waals surface area contributed by atoms with Crippen LogP contribution < -0.4 is 10.1 Å². The number of nitrogens with zero attached hydrogens (tertiary/aromatic N) is 1. The molecule has 6 nitrogen and oxygen atoms in total. The van der Waals surface area contributed by atoms with E-state index in [9.17, 15) is 9.59 Å². The second-order valence-corrected chi connectivity index (χ2v) is 7.17. The molecule has 148 valence electrons. The third kappa shape index (κ3) is 4.82. The van der Waals surface area contributed by atoms with Gasteiger partial charge in [0.25, 0.3) is 5.91 Å². The van der Waals surface area contributed by atoms with Gasteiger partial charge in [0.2, 0.25) is 0 Å². The first-order valence-electron chi connectivity index (χ1n) is 9.01. The molecule has 0 unspecified atom stereocenters. The summed E-state index contributed by atoms with van der Waals surface area (Å²) < 4.78 is 10.1. The van der Waals surface area contributed by atoms with Crippen molar-refractivity contribution >= 4 is 23.5 Å². The minimum Gasteiger partial charge on any atom is -0.497 e. The average Bonchev–Trinajstić information content (AvgIpc) is 3.11. The van der Waals surface area contributed by atoms with Crippen molar-refractivity contribution < 1.29 is 19.1 Å². The van der Waals surface area contributed by atoms with Gasteiger partial charge in [0.15, 0.2) is 0 Å². The van der Waals surface area contributed by atoms with E-state index in [-0.39, 0.29) is 17.9 Å². The molecule has 0 bridgehead atoms. The Morgan fingerprint density at radius 3 is 2.61 bits per heavy atom. The smallest absolute Gasteiger partial charge is 0.323 e. The fourth-order valence-electron chi connectivity index (χ4n) is 3.42. The Labute approximate surface area is 169 Å². The number of carbonyl (C=O) groups excluding carboxylic acids is 2. The molecule has 2 atom stereocenters. The summed E-state index contributed by atoms with van der Waals surface area (Å²) in [7, 11) is 2.94. The van der Waals surface area contributed by atoms with E-state index in [0.717, 1.165) is 5.56 Å². The molecular formula is C21H23ClN2O4. The number of halogens is 1. The monoisotopic (exact) mass is 402 g/mol. The van der Waals surface area contributed by atoms with Gasteiger partial charge < -0.3 is 14.8 Å². The lowest BCUT2D eigenvalue weighted by Crippen LogP contribution is -2.37. The molecule has 2 aromatic carbocycles. The van der Waals surface area contributed by atoms with Crippen molar-refractivity contribution in [1.29, 1.82) is 0 Å². The standard InChI is InChI=1S/C21H23ClN2O4/c1-27-18-5-3-4-15(10-18)20(25)23-17-11-19(21(26)28-2)24(13-17)12-14-6-8-16(22)9-7-14/h3-10,17,19H,11-13H2,1-2H3,(H,23,25)/t17-,19+/m1/s1. The van der Waals surface area contributed by atoms with Crippen LogP contribution in [-0.2, 0) is 16.1 Å². The van der Waals surface area contributed by atoms with Crippen LogP contribution in [0, 0.1) is 0 Å². The molecule has 1 amide bonds. The van der Waals surface area contributed by atoms with Gasteiger partial charge in [-0.05, 0) is 42.3 Å². The van der Waals surface area contributed by atoms with Crippen LogP contribution in [0.2, 0.25) is 5.02 Å². The fraction of sp³-hybridized carbons (Fsp3) is 0.333. The van der Waals surface area contributed by atoms with Gasteiger partial charge in [0, 0.05) is 29.7 Å². The Morgan fingerprint density at radius 2 is 1.93 bits per heavy atom. The van der Waals surface area contributed by atoms with E-state index >= 15 is 0 Å². The van der Waals surface area contributed by atoms with E-state index in [4.69, 9.17) is 21.1 Å². The maximum absolute atomic E-state index is 12.6. The molecule has 0 radical (unpaired) electrons. The molecule has 28 heavy (non-hydrogen) atoms. The van der Waals surface area contributed by atoms with E-state index in [0.29, 0.717) is 35.8 Å². The lowest BCUT2D eigenvalue weighted by atomic mass is 10.1. The zero-order chi connectivity index (χ0) is 20.1. The van der Waals surface area contributed by atoms with E-state index in [1.165, 1.54) is 7.11 Å². The number of rotatable bonds is 6. The highest BCUT2D eigenvalue weighted by Gasteiger charge is 2.38. The van der Waals surface area contributed by atoms with E-state index in [1.807, 2.05) is 29.2 Å². The molecule has 7 heteroatoms. The molecule has 1 fully saturated rings. The number of ether oxygens (including phenoxy) is 2. The van der Waals surface area contributed by atoms with Gasteiger partial charge >= 0.3 is 5.97 Å². The van der Waals surface area contributed by atoms with Crippen LogP contribution in [0.25, 0.3) is 0 Å². The van der Waals surface area contributed by atoms with Gasteiger partial charge in [-0.3, -0.25) is 14.5 Å². The molecule has 3 rings (SSSR count). The second-order valence-electron chi connectivity index (χ2n) is 6.73. The van der Waals surface area contributed by atoms with Gasteiger partial charge in [-0.1, -0.05) is 29.8 Å². The fourth-order valence-corrected chi connectivity index (χ4v) is 3.55. The van der Waals surface area contributed by atoms with Crippen molar-refractivity contribution in [3.8, 4) is 5.75 Å². The van der Waals surface area contributed by atoms with Crippen LogP contribution in [0.3, 0.4) is 0 Å². The summed E-state index contributed by atoms with van der Waals surface area (Å²) in [4.78, 5) is 26.9. The summed E-state index contributed by atoms with van der Waals surface area (Å²) >= 11 is 5.95. The molecular weight excluding hydrogens is 380 g/mol. The summed E-state index contributed by atoms with van der Waals surface area (Å²) in [5, 5.41) is 3.68. The maximum atomic E-state index is 12.6. The number of likely N-dealkylation sites (tertiary alicyclic amines) is 1. The molecule has 1 heterocycles. The van der Waals surface area contributed by atoms with Crippen molar-refractivity contribution in [2.45, 2.75) is 25.0 Å². The first kappa shape index (κ1) is 20.2. The quantitative estimate of drug-likeness (QED) is 0.752. The third-order valence-electron chi connectivity index (χ3n) is 4.84. The minimum absolute atomic E-state index is 0.157. The molecule has 0 spiro atoms. The molecule has 2 aromatic rings. The predicted octanol–water partition coefficient (Wildman–Crippen LogP) is 2.89. The summed E-state index contributed by atoms with van der Waals surface area (Å²) in [5.41, 5.74) is 1.56. The lowest BCUT2D eigenvalue weighted by molar-refractivity contribution is -0.146. The number of hydrogen-bond acceptors (Lipinski definition) is 5. The maximum Gasteiger partial charge on any atom is 0.323 e. The highest BCUT2D eigenvalue weighted by Crippen LogP contribution is 2.23. The van der Waals surface area contributed by atoms with Crippen LogP contribution in [-0.4, -0.2) is 49.6 Å². The second kappa shape index (κ2) is 9.08. The normalized spacial score (nSPS) is 19.2. The molecule has 1 aliphatic heterocycles. The molecule has 1 saturated heterocycles. The number of benzene rings is 2. The van der Waals surface area contributed by atoms with E-state index in [1.54, 1.807) is 31.4 Å². The minimum atomic E-state index is -0.406. The molecule has 1 N–H and O–H groups in total. The zero-order valence-electron chi connectivity index (χ0n) is 15.9. The zero-order valence-corrected chi connectivity index (χ0v) is 16.6. The number of amides is 1. The Balaban J connectivity index is 1.69. The summed E-state index contributed by atoms with van der Waals surface area (Å²) in [6, 6.07) is 13.9. The van der Waals surface area contributed by atoms with Gasteiger partial charge in [-0.15, -0.1) is 0 Å². The third-order valence-corrected chi connectivity index (χ3v) is 5.09. The Morgan fingerprint density at radius 1 is 1.18 bits per heavy atom. The summed E-state index contributed by atoms with van der Waals surface area (Å²) in [6.07, 6.45) is 0.496. The Kier molecular flexibility index (Phi) is 6.54. The molecule has 0 aromatic heterocycles. The number of esters is 1.